The fraction of sp³-hybridized carbons (Fsp3) is 0.312. The molecule has 2 nitrogen and oxygen atoms in total. The summed E-state index contributed by atoms with van der Waals surface area (Å²) in [7, 11) is 0. The van der Waals surface area contributed by atoms with Gasteiger partial charge in [-0.2, -0.15) is 0 Å². The van der Waals surface area contributed by atoms with E-state index in [0.29, 0.717) is 0 Å². The first-order valence-electron chi connectivity index (χ1n) is 13.2. The summed E-state index contributed by atoms with van der Waals surface area (Å²) in [4.78, 5) is 5.01. The molecule has 0 unspecified atom stereocenters. The highest BCUT2D eigenvalue weighted by Gasteiger charge is 2.19. The van der Waals surface area contributed by atoms with Crippen molar-refractivity contribution in [2.45, 2.75) is 38.5 Å². The van der Waals surface area contributed by atoms with Crippen molar-refractivity contribution in [2.24, 2.45) is 0 Å². The van der Waals surface area contributed by atoms with Gasteiger partial charge in [-0.1, -0.05) is 48.6 Å². The van der Waals surface area contributed by atoms with E-state index in [0.717, 1.165) is 37.3 Å². The molecule has 186 valence electrons. The molecule has 0 atom stereocenters. The van der Waals surface area contributed by atoms with E-state index in [1.165, 1.54) is 85.3 Å². The molecule has 2 aliphatic rings. The van der Waals surface area contributed by atoms with Crippen LogP contribution in [0.3, 0.4) is 0 Å². The van der Waals surface area contributed by atoms with Crippen molar-refractivity contribution in [1.29, 1.82) is 0 Å². The van der Waals surface area contributed by atoms with Crippen LogP contribution < -0.4 is 9.80 Å². The van der Waals surface area contributed by atoms with Crippen LogP contribution in [0, 0.1) is 11.6 Å². The maximum Gasteiger partial charge on any atom is 0.123 e. The fourth-order valence-corrected chi connectivity index (χ4v) is 5.21. The van der Waals surface area contributed by atoms with Crippen LogP contribution in [-0.4, -0.2) is 26.2 Å². The minimum absolute atomic E-state index is 0.217. The van der Waals surface area contributed by atoms with E-state index in [9.17, 15) is 8.78 Å². The highest BCUT2D eigenvalue weighted by molar-refractivity contribution is 5.86. The highest BCUT2D eigenvalue weighted by atomic mass is 19.1. The van der Waals surface area contributed by atoms with Crippen molar-refractivity contribution in [3.63, 3.8) is 0 Å². The Labute approximate surface area is 213 Å². The summed E-state index contributed by atoms with van der Waals surface area (Å²) in [5.41, 5.74) is 6.85. The summed E-state index contributed by atoms with van der Waals surface area (Å²) in [5.74, 6) is -0.434. The number of anilines is 2. The van der Waals surface area contributed by atoms with Crippen molar-refractivity contribution in [2.75, 3.05) is 36.0 Å². The smallest absolute Gasteiger partial charge is 0.123 e. The van der Waals surface area contributed by atoms with E-state index in [2.05, 4.69) is 46.2 Å². The number of halogens is 2. The van der Waals surface area contributed by atoms with Gasteiger partial charge in [-0.05, 0) is 97.2 Å². The van der Waals surface area contributed by atoms with Crippen LogP contribution in [0.1, 0.15) is 60.8 Å². The SMILES string of the molecule is Fc1ccc(/C=C/c2cc(N3CCCCC3)c(/C=C/c3ccc(F)cc3)cc2N2CCCCC2)cc1. The van der Waals surface area contributed by atoms with Gasteiger partial charge in [-0.15, -0.1) is 0 Å². The van der Waals surface area contributed by atoms with E-state index in [1.807, 2.05) is 24.3 Å². The van der Waals surface area contributed by atoms with E-state index in [1.54, 1.807) is 0 Å². The number of hydrogen-bond acceptors (Lipinski definition) is 2. The molecule has 3 aromatic rings. The van der Waals surface area contributed by atoms with Crippen molar-refractivity contribution < 1.29 is 8.78 Å². The predicted octanol–water partition coefficient (Wildman–Crippen LogP) is 8.29. The quantitative estimate of drug-likeness (QED) is 0.325. The predicted molar refractivity (Wildman–Crippen MR) is 149 cm³/mol. The van der Waals surface area contributed by atoms with Crippen LogP contribution in [0.5, 0.6) is 0 Å². The summed E-state index contributed by atoms with van der Waals surface area (Å²) in [6.45, 7) is 4.23. The highest BCUT2D eigenvalue weighted by Crippen LogP contribution is 2.35. The topological polar surface area (TPSA) is 6.48 Å². The summed E-state index contributed by atoms with van der Waals surface area (Å²) < 4.78 is 26.8. The van der Waals surface area contributed by atoms with Crippen molar-refractivity contribution >= 4 is 35.7 Å². The minimum atomic E-state index is -0.217. The van der Waals surface area contributed by atoms with Crippen LogP contribution >= 0.6 is 0 Å². The Bertz CT molecular complexity index is 1100. The molecule has 0 radical (unpaired) electrons. The van der Waals surface area contributed by atoms with Gasteiger partial charge in [0.1, 0.15) is 11.6 Å². The van der Waals surface area contributed by atoms with Crippen molar-refractivity contribution in [3.05, 3.63) is 94.6 Å². The standard InChI is InChI=1S/C32H34F2N2/c33-29-15-9-25(10-16-29)7-13-27-24-32(36-21-5-2-6-22-36)28(14-8-26-11-17-30(34)18-12-26)23-31(27)35-19-3-1-4-20-35/h7-18,23-24H,1-6,19-22H2/b13-7+,14-8+. The lowest BCUT2D eigenvalue weighted by Crippen LogP contribution is -2.32. The van der Waals surface area contributed by atoms with Crippen LogP contribution in [0.2, 0.25) is 0 Å². The molecular formula is C32H34F2N2. The molecule has 36 heavy (non-hydrogen) atoms. The van der Waals surface area contributed by atoms with Gasteiger partial charge in [-0.25, -0.2) is 8.78 Å². The molecule has 0 saturated carbocycles. The van der Waals surface area contributed by atoms with Gasteiger partial charge in [0, 0.05) is 37.6 Å². The first kappa shape index (κ1) is 24.3. The average molecular weight is 485 g/mol. The molecule has 0 aliphatic carbocycles. The van der Waals surface area contributed by atoms with Crippen LogP contribution in [-0.2, 0) is 0 Å². The zero-order valence-corrected chi connectivity index (χ0v) is 20.8. The number of nitrogens with zero attached hydrogens (tertiary/aromatic N) is 2. The van der Waals surface area contributed by atoms with Crippen molar-refractivity contribution in [3.8, 4) is 0 Å². The van der Waals surface area contributed by atoms with E-state index in [4.69, 9.17) is 0 Å². The monoisotopic (exact) mass is 484 g/mol. The Balaban J connectivity index is 1.57. The molecule has 3 aromatic carbocycles. The molecule has 4 heteroatoms. The Morgan fingerprint density at radius 2 is 0.833 bits per heavy atom. The third kappa shape index (κ3) is 6.04. The normalized spacial score (nSPS) is 16.8. The lowest BCUT2D eigenvalue weighted by molar-refractivity contribution is 0.575. The summed E-state index contributed by atoms with van der Waals surface area (Å²) in [6.07, 6.45) is 15.9. The van der Waals surface area contributed by atoms with E-state index >= 15 is 0 Å². The molecule has 0 amide bonds. The van der Waals surface area contributed by atoms with E-state index < -0.39 is 0 Å². The second-order valence-corrected chi connectivity index (χ2v) is 9.84. The van der Waals surface area contributed by atoms with Gasteiger partial charge in [0.25, 0.3) is 0 Å². The number of benzene rings is 3. The summed E-state index contributed by atoms with van der Waals surface area (Å²) >= 11 is 0. The van der Waals surface area contributed by atoms with Crippen LogP contribution in [0.25, 0.3) is 24.3 Å². The Morgan fingerprint density at radius 3 is 1.19 bits per heavy atom. The fourth-order valence-electron chi connectivity index (χ4n) is 5.21. The molecular weight excluding hydrogens is 450 g/mol. The first-order chi connectivity index (χ1) is 17.7. The molecule has 0 spiro atoms. The average Bonchev–Trinajstić information content (AvgIpc) is 2.93. The molecule has 0 aromatic heterocycles. The molecule has 5 rings (SSSR count). The molecule has 2 heterocycles. The summed E-state index contributed by atoms with van der Waals surface area (Å²) in [5, 5.41) is 0. The van der Waals surface area contributed by atoms with Crippen LogP contribution in [0.15, 0.2) is 60.7 Å². The van der Waals surface area contributed by atoms with Gasteiger partial charge >= 0.3 is 0 Å². The molecule has 2 saturated heterocycles. The minimum Gasteiger partial charge on any atom is -0.371 e. The number of rotatable bonds is 6. The second kappa shape index (κ2) is 11.6. The maximum atomic E-state index is 13.4. The maximum absolute atomic E-state index is 13.4. The van der Waals surface area contributed by atoms with Crippen molar-refractivity contribution in [1.82, 2.24) is 0 Å². The summed E-state index contributed by atoms with van der Waals surface area (Å²) in [6, 6.07) is 18.0. The molecule has 2 fully saturated rings. The zero-order chi connectivity index (χ0) is 24.7. The third-order valence-corrected chi connectivity index (χ3v) is 7.22. The molecule has 2 aliphatic heterocycles. The van der Waals surface area contributed by atoms with Gasteiger partial charge < -0.3 is 9.80 Å². The van der Waals surface area contributed by atoms with E-state index in [-0.39, 0.29) is 11.6 Å². The van der Waals surface area contributed by atoms with Gasteiger partial charge in [-0.3, -0.25) is 0 Å². The number of hydrogen-bond donors (Lipinski definition) is 0. The zero-order valence-electron chi connectivity index (χ0n) is 20.8. The number of piperidine rings is 2. The van der Waals surface area contributed by atoms with Crippen LogP contribution in [0.4, 0.5) is 20.2 Å². The van der Waals surface area contributed by atoms with Gasteiger partial charge in [0.15, 0.2) is 0 Å². The molecule has 0 bridgehead atoms. The Hall–Kier alpha value is -3.40. The second-order valence-electron chi connectivity index (χ2n) is 9.84. The van der Waals surface area contributed by atoms with Gasteiger partial charge in [0.05, 0.1) is 0 Å². The lowest BCUT2D eigenvalue weighted by Gasteiger charge is -2.34. The Kier molecular flexibility index (Phi) is 7.80. The molecule has 0 N–H and O–H groups in total. The lowest BCUT2D eigenvalue weighted by atomic mass is 9.99. The largest absolute Gasteiger partial charge is 0.371 e. The first-order valence-corrected chi connectivity index (χ1v) is 13.2. The third-order valence-electron chi connectivity index (χ3n) is 7.22. The van der Waals surface area contributed by atoms with Gasteiger partial charge in [0.2, 0.25) is 0 Å². The Morgan fingerprint density at radius 1 is 0.472 bits per heavy atom.